The van der Waals surface area contributed by atoms with Gasteiger partial charge in [-0.2, -0.15) is 5.26 Å². The fourth-order valence-corrected chi connectivity index (χ4v) is 3.20. The number of benzene rings is 2. The third kappa shape index (κ3) is 4.37. The summed E-state index contributed by atoms with van der Waals surface area (Å²) in [6, 6.07) is 16.7. The van der Waals surface area contributed by atoms with Crippen LogP contribution in [0.2, 0.25) is 5.02 Å². The number of anilines is 1. The number of carbonyl (C=O) groups is 1. The van der Waals surface area contributed by atoms with Gasteiger partial charge in [0.05, 0.1) is 5.69 Å². The molecule has 0 atom stereocenters. The van der Waals surface area contributed by atoms with Gasteiger partial charge < -0.3 is 5.32 Å². The zero-order valence-corrected chi connectivity index (χ0v) is 15.4. The van der Waals surface area contributed by atoms with E-state index >= 15 is 0 Å². The molecule has 1 amide bonds. The lowest BCUT2D eigenvalue weighted by atomic mass is 10.2. The van der Waals surface area contributed by atoms with Gasteiger partial charge >= 0.3 is 0 Å². The number of aromatic nitrogens is 1. The van der Waals surface area contributed by atoms with Gasteiger partial charge in [0.1, 0.15) is 16.6 Å². The molecule has 0 aliphatic rings. The molecule has 0 saturated heterocycles. The van der Waals surface area contributed by atoms with Crippen LogP contribution in [0.15, 0.2) is 59.5 Å². The lowest BCUT2D eigenvalue weighted by molar-refractivity contribution is -0.112. The van der Waals surface area contributed by atoms with E-state index in [1.807, 2.05) is 43.3 Å². The summed E-state index contributed by atoms with van der Waals surface area (Å²) in [4.78, 5) is 16.8. The molecule has 26 heavy (non-hydrogen) atoms. The molecule has 0 spiro atoms. The van der Waals surface area contributed by atoms with Crippen molar-refractivity contribution >= 4 is 40.6 Å². The molecular formula is C20H14ClN3OS. The zero-order chi connectivity index (χ0) is 18.5. The van der Waals surface area contributed by atoms with Crippen molar-refractivity contribution in [1.82, 2.24) is 4.98 Å². The highest BCUT2D eigenvalue weighted by Crippen LogP contribution is 2.26. The highest BCUT2D eigenvalue weighted by atomic mass is 35.5. The smallest absolute Gasteiger partial charge is 0.266 e. The monoisotopic (exact) mass is 379 g/mol. The van der Waals surface area contributed by atoms with E-state index < -0.39 is 5.91 Å². The largest absolute Gasteiger partial charge is 0.321 e. The Bertz CT molecular complexity index is 1020. The molecular weight excluding hydrogens is 366 g/mol. The van der Waals surface area contributed by atoms with Gasteiger partial charge in [0.15, 0.2) is 0 Å². The number of aryl methyl sites for hydroxylation is 1. The van der Waals surface area contributed by atoms with Crippen molar-refractivity contribution in [3.05, 3.63) is 75.8 Å². The maximum atomic E-state index is 12.3. The lowest BCUT2D eigenvalue weighted by Gasteiger charge is -2.04. The standard InChI is InChI=1S/C20H14ClN3OS/c1-13-3-2-4-17(9-13)23-19(25)15(11-22)10-18-12-26-20(24-18)14-5-7-16(21)8-6-14/h2-10,12H,1H3,(H,23,25)/b15-10+. The van der Waals surface area contributed by atoms with Gasteiger partial charge in [0.2, 0.25) is 0 Å². The van der Waals surface area contributed by atoms with E-state index in [1.54, 1.807) is 23.6 Å². The minimum atomic E-state index is -0.459. The Hall–Kier alpha value is -2.94. The predicted molar refractivity (Wildman–Crippen MR) is 106 cm³/mol. The molecule has 3 aromatic rings. The number of amides is 1. The molecule has 0 bridgehead atoms. The molecule has 3 rings (SSSR count). The predicted octanol–water partition coefficient (Wildman–Crippen LogP) is 5.32. The number of carbonyl (C=O) groups excluding carboxylic acids is 1. The highest BCUT2D eigenvalue weighted by Gasteiger charge is 2.11. The second kappa shape index (κ2) is 7.96. The number of hydrogen-bond donors (Lipinski definition) is 1. The van der Waals surface area contributed by atoms with E-state index in [4.69, 9.17) is 11.6 Å². The van der Waals surface area contributed by atoms with Gasteiger partial charge in [0, 0.05) is 21.7 Å². The van der Waals surface area contributed by atoms with Crippen LogP contribution in [0.25, 0.3) is 16.6 Å². The van der Waals surface area contributed by atoms with Crippen LogP contribution in [-0.4, -0.2) is 10.9 Å². The molecule has 0 fully saturated rings. The van der Waals surface area contributed by atoms with Crippen LogP contribution in [0.4, 0.5) is 5.69 Å². The topological polar surface area (TPSA) is 65.8 Å². The van der Waals surface area contributed by atoms with Crippen molar-refractivity contribution in [2.45, 2.75) is 6.92 Å². The summed E-state index contributed by atoms with van der Waals surface area (Å²) in [6.07, 6.45) is 1.49. The minimum absolute atomic E-state index is 0.000498. The molecule has 6 heteroatoms. The molecule has 0 saturated carbocycles. The van der Waals surface area contributed by atoms with Crippen molar-refractivity contribution in [3.8, 4) is 16.6 Å². The average molecular weight is 380 g/mol. The normalized spacial score (nSPS) is 11.0. The minimum Gasteiger partial charge on any atom is -0.321 e. The van der Waals surface area contributed by atoms with Crippen LogP contribution in [0.1, 0.15) is 11.3 Å². The van der Waals surface area contributed by atoms with Crippen molar-refractivity contribution in [2.75, 3.05) is 5.32 Å². The summed E-state index contributed by atoms with van der Waals surface area (Å²) < 4.78 is 0. The molecule has 0 aliphatic carbocycles. The number of nitrogens with one attached hydrogen (secondary N) is 1. The first-order valence-corrected chi connectivity index (χ1v) is 9.02. The molecule has 4 nitrogen and oxygen atoms in total. The Labute approximate surface area is 160 Å². The molecule has 0 unspecified atom stereocenters. The van der Waals surface area contributed by atoms with Crippen molar-refractivity contribution in [3.63, 3.8) is 0 Å². The number of rotatable bonds is 4. The maximum Gasteiger partial charge on any atom is 0.266 e. The first kappa shape index (κ1) is 17.9. The number of nitriles is 1. The number of thiazole rings is 1. The quantitative estimate of drug-likeness (QED) is 0.493. The van der Waals surface area contributed by atoms with E-state index in [1.165, 1.54) is 17.4 Å². The van der Waals surface area contributed by atoms with Gasteiger partial charge in [-0.3, -0.25) is 4.79 Å². The van der Waals surface area contributed by atoms with Crippen molar-refractivity contribution in [2.24, 2.45) is 0 Å². The maximum absolute atomic E-state index is 12.3. The Balaban J connectivity index is 1.80. The first-order valence-electron chi connectivity index (χ1n) is 7.76. The SMILES string of the molecule is Cc1cccc(NC(=O)/C(C#N)=C/c2csc(-c3ccc(Cl)cc3)n2)c1. The molecule has 1 N–H and O–H groups in total. The van der Waals surface area contributed by atoms with Crippen LogP contribution >= 0.6 is 22.9 Å². The van der Waals surface area contributed by atoms with Gasteiger partial charge in [-0.15, -0.1) is 11.3 Å². The fraction of sp³-hybridized carbons (Fsp3) is 0.0500. The van der Waals surface area contributed by atoms with Crippen LogP contribution in [-0.2, 0) is 4.79 Å². The van der Waals surface area contributed by atoms with Gasteiger partial charge in [-0.25, -0.2) is 4.98 Å². The Kier molecular flexibility index (Phi) is 5.47. The molecule has 2 aromatic carbocycles. The molecule has 1 heterocycles. The van der Waals surface area contributed by atoms with Gasteiger partial charge in [-0.05, 0) is 42.8 Å². The van der Waals surface area contributed by atoms with Crippen LogP contribution in [0.5, 0.6) is 0 Å². The van der Waals surface area contributed by atoms with E-state index in [0.29, 0.717) is 16.4 Å². The van der Waals surface area contributed by atoms with E-state index in [-0.39, 0.29) is 5.57 Å². The summed E-state index contributed by atoms with van der Waals surface area (Å²) in [5.74, 6) is -0.459. The summed E-state index contributed by atoms with van der Waals surface area (Å²) in [6.45, 7) is 1.93. The first-order chi connectivity index (χ1) is 12.5. The van der Waals surface area contributed by atoms with Crippen molar-refractivity contribution < 1.29 is 4.79 Å². The summed E-state index contributed by atoms with van der Waals surface area (Å²) in [7, 11) is 0. The van der Waals surface area contributed by atoms with Crippen LogP contribution < -0.4 is 5.32 Å². The second-order valence-electron chi connectivity index (χ2n) is 5.58. The Morgan fingerprint density at radius 1 is 1.27 bits per heavy atom. The average Bonchev–Trinajstić information content (AvgIpc) is 3.09. The summed E-state index contributed by atoms with van der Waals surface area (Å²) in [5.41, 5.74) is 3.17. The van der Waals surface area contributed by atoms with E-state index in [9.17, 15) is 10.1 Å². The van der Waals surface area contributed by atoms with Gasteiger partial charge in [0.25, 0.3) is 5.91 Å². The Morgan fingerprint density at radius 2 is 2.04 bits per heavy atom. The third-order valence-electron chi connectivity index (χ3n) is 3.55. The van der Waals surface area contributed by atoms with Gasteiger partial charge in [-0.1, -0.05) is 35.9 Å². The van der Waals surface area contributed by atoms with E-state index in [2.05, 4.69) is 10.3 Å². The number of halogens is 1. The Morgan fingerprint density at radius 3 is 2.73 bits per heavy atom. The zero-order valence-electron chi connectivity index (χ0n) is 13.9. The highest BCUT2D eigenvalue weighted by molar-refractivity contribution is 7.13. The number of nitrogens with zero attached hydrogens (tertiary/aromatic N) is 2. The van der Waals surface area contributed by atoms with Crippen molar-refractivity contribution in [1.29, 1.82) is 5.26 Å². The third-order valence-corrected chi connectivity index (χ3v) is 4.71. The molecule has 0 aliphatic heterocycles. The number of hydrogen-bond acceptors (Lipinski definition) is 4. The molecule has 1 aromatic heterocycles. The van der Waals surface area contributed by atoms with E-state index in [0.717, 1.165) is 16.1 Å². The van der Waals surface area contributed by atoms with Crippen LogP contribution in [0.3, 0.4) is 0 Å². The summed E-state index contributed by atoms with van der Waals surface area (Å²) in [5, 5.41) is 15.3. The fourth-order valence-electron chi connectivity index (χ4n) is 2.30. The molecule has 128 valence electrons. The second-order valence-corrected chi connectivity index (χ2v) is 6.87. The summed E-state index contributed by atoms with van der Waals surface area (Å²) >= 11 is 7.33. The lowest BCUT2D eigenvalue weighted by Crippen LogP contribution is -2.13. The van der Waals surface area contributed by atoms with Crippen LogP contribution in [0, 0.1) is 18.3 Å². The molecule has 0 radical (unpaired) electrons.